The Kier molecular flexibility index (Phi) is 6.73. The van der Waals surface area contributed by atoms with E-state index in [-0.39, 0.29) is 12.5 Å². The Morgan fingerprint density at radius 1 is 1.26 bits per heavy atom. The van der Waals surface area contributed by atoms with Crippen molar-refractivity contribution in [3.8, 4) is 18.1 Å². The lowest BCUT2D eigenvalue weighted by molar-refractivity contribution is -0.152. The average Bonchev–Trinajstić information content (AvgIpc) is 2.89. The number of carbonyl (C=O) groups is 1. The van der Waals surface area contributed by atoms with Crippen molar-refractivity contribution >= 4 is 5.91 Å². The van der Waals surface area contributed by atoms with Gasteiger partial charge in [0.25, 0.3) is 0 Å². The molecule has 1 amide bonds. The Bertz CT molecular complexity index is 670. The third-order valence-electron chi connectivity index (χ3n) is 4.98. The Morgan fingerprint density at radius 3 is 2.81 bits per heavy atom. The zero-order valence-corrected chi connectivity index (χ0v) is 16.0. The summed E-state index contributed by atoms with van der Waals surface area (Å²) in [5.74, 6) is 3.40. The summed E-state index contributed by atoms with van der Waals surface area (Å²) in [6.07, 6.45) is 5.73. The lowest BCUT2D eigenvalue weighted by Gasteiger charge is -2.43. The van der Waals surface area contributed by atoms with Gasteiger partial charge in [0.1, 0.15) is 18.0 Å². The summed E-state index contributed by atoms with van der Waals surface area (Å²) < 4.78 is 17.4. The molecule has 3 rings (SSSR count). The second-order valence-electron chi connectivity index (χ2n) is 7.10. The maximum absolute atomic E-state index is 12.2. The highest BCUT2D eigenvalue weighted by atomic mass is 16.5. The third-order valence-corrected chi connectivity index (χ3v) is 4.98. The van der Waals surface area contributed by atoms with Gasteiger partial charge in [-0.3, -0.25) is 9.69 Å². The zero-order chi connectivity index (χ0) is 19.1. The average molecular weight is 372 g/mol. The van der Waals surface area contributed by atoms with Crippen LogP contribution in [0.3, 0.4) is 0 Å². The van der Waals surface area contributed by atoms with Crippen LogP contribution in [0.5, 0.6) is 5.75 Å². The van der Waals surface area contributed by atoms with Crippen molar-refractivity contribution in [2.75, 3.05) is 52.6 Å². The smallest absolute Gasteiger partial charge is 0.222 e. The summed E-state index contributed by atoms with van der Waals surface area (Å²) >= 11 is 0. The molecule has 1 atom stereocenters. The first-order valence-electron chi connectivity index (χ1n) is 9.51. The van der Waals surface area contributed by atoms with Gasteiger partial charge in [0, 0.05) is 32.6 Å². The molecule has 2 heterocycles. The molecule has 0 aromatic heterocycles. The van der Waals surface area contributed by atoms with Crippen LogP contribution in [0.4, 0.5) is 0 Å². The maximum Gasteiger partial charge on any atom is 0.222 e. The number of amides is 1. The van der Waals surface area contributed by atoms with Gasteiger partial charge in [-0.1, -0.05) is 25.0 Å². The maximum atomic E-state index is 12.2. The Balaban J connectivity index is 1.63. The highest BCUT2D eigenvalue weighted by Crippen LogP contribution is 2.24. The molecule has 6 heteroatoms. The van der Waals surface area contributed by atoms with Crippen molar-refractivity contribution in [1.29, 1.82) is 0 Å². The van der Waals surface area contributed by atoms with E-state index in [0.717, 1.165) is 25.4 Å². The van der Waals surface area contributed by atoms with E-state index < -0.39 is 5.60 Å². The Labute approximate surface area is 161 Å². The van der Waals surface area contributed by atoms with E-state index in [1.807, 2.05) is 24.0 Å². The van der Waals surface area contributed by atoms with Crippen LogP contribution in [-0.4, -0.2) is 73.9 Å². The second-order valence-corrected chi connectivity index (χ2v) is 7.10. The summed E-state index contributed by atoms with van der Waals surface area (Å²) in [7, 11) is 0. The summed E-state index contributed by atoms with van der Waals surface area (Å²) in [6.45, 7) is 7.56. The minimum Gasteiger partial charge on any atom is -0.481 e. The number of nitrogens with zero attached hydrogens (tertiary/aromatic N) is 2. The molecule has 2 fully saturated rings. The molecule has 0 radical (unpaired) electrons. The fourth-order valence-corrected chi connectivity index (χ4v) is 3.66. The largest absolute Gasteiger partial charge is 0.481 e. The SMILES string of the molecule is C#CCOc1ccc(CN2CCO[C@]3(COCCN(C(=O)CC)C3)C2)cc1. The normalized spacial score (nSPS) is 23.6. The van der Waals surface area contributed by atoms with Crippen LogP contribution in [-0.2, 0) is 20.8 Å². The molecule has 0 N–H and O–H groups in total. The quantitative estimate of drug-likeness (QED) is 0.734. The van der Waals surface area contributed by atoms with Gasteiger partial charge < -0.3 is 19.1 Å². The molecule has 27 heavy (non-hydrogen) atoms. The monoisotopic (exact) mass is 372 g/mol. The highest BCUT2D eigenvalue weighted by Gasteiger charge is 2.41. The molecule has 0 unspecified atom stereocenters. The predicted molar refractivity (Wildman–Crippen MR) is 102 cm³/mol. The first-order chi connectivity index (χ1) is 13.1. The second kappa shape index (κ2) is 9.23. The summed E-state index contributed by atoms with van der Waals surface area (Å²) in [5.41, 5.74) is 0.756. The Hall–Kier alpha value is -2.07. The predicted octanol–water partition coefficient (Wildman–Crippen LogP) is 1.54. The number of rotatable bonds is 5. The summed E-state index contributed by atoms with van der Waals surface area (Å²) in [5, 5.41) is 0. The van der Waals surface area contributed by atoms with Gasteiger partial charge >= 0.3 is 0 Å². The molecule has 2 aliphatic heterocycles. The highest BCUT2D eigenvalue weighted by molar-refractivity contribution is 5.76. The number of morpholine rings is 1. The van der Waals surface area contributed by atoms with Crippen molar-refractivity contribution < 1.29 is 19.0 Å². The van der Waals surface area contributed by atoms with Gasteiger partial charge in [-0.25, -0.2) is 0 Å². The molecule has 1 aromatic rings. The molecule has 6 nitrogen and oxygen atoms in total. The van der Waals surface area contributed by atoms with E-state index in [1.54, 1.807) is 0 Å². The van der Waals surface area contributed by atoms with E-state index >= 15 is 0 Å². The van der Waals surface area contributed by atoms with Crippen LogP contribution in [0.2, 0.25) is 0 Å². The number of terminal acetylenes is 1. The van der Waals surface area contributed by atoms with Gasteiger partial charge in [0.15, 0.2) is 0 Å². The number of benzene rings is 1. The van der Waals surface area contributed by atoms with E-state index in [4.69, 9.17) is 20.6 Å². The van der Waals surface area contributed by atoms with Gasteiger partial charge in [-0.15, -0.1) is 6.42 Å². The lowest BCUT2D eigenvalue weighted by Crippen LogP contribution is -2.59. The van der Waals surface area contributed by atoms with Crippen LogP contribution in [0.1, 0.15) is 18.9 Å². The van der Waals surface area contributed by atoms with Crippen LogP contribution < -0.4 is 4.74 Å². The zero-order valence-electron chi connectivity index (χ0n) is 16.0. The molecule has 0 aliphatic carbocycles. The van der Waals surface area contributed by atoms with Crippen molar-refractivity contribution in [3.05, 3.63) is 29.8 Å². The van der Waals surface area contributed by atoms with Crippen molar-refractivity contribution in [2.24, 2.45) is 0 Å². The molecule has 2 saturated heterocycles. The molecule has 0 bridgehead atoms. The van der Waals surface area contributed by atoms with Gasteiger partial charge in [0.05, 0.1) is 26.4 Å². The van der Waals surface area contributed by atoms with Crippen LogP contribution >= 0.6 is 0 Å². The molecular weight excluding hydrogens is 344 g/mol. The van der Waals surface area contributed by atoms with Crippen molar-refractivity contribution in [1.82, 2.24) is 9.80 Å². The number of ether oxygens (including phenoxy) is 3. The van der Waals surface area contributed by atoms with Crippen LogP contribution in [0.15, 0.2) is 24.3 Å². The minimum atomic E-state index is -0.449. The number of hydrogen-bond acceptors (Lipinski definition) is 5. The Morgan fingerprint density at radius 2 is 2.07 bits per heavy atom. The minimum absolute atomic E-state index is 0.156. The van der Waals surface area contributed by atoms with E-state index in [0.29, 0.717) is 39.3 Å². The summed E-state index contributed by atoms with van der Waals surface area (Å²) in [6, 6.07) is 8.01. The molecule has 1 spiro atoms. The molecule has 0 saturated carbocycles. The van der Waals surface area contributed by atoms with E-state index in [1.165, 1.54) is 5.56 Å². The van der Waals surface area contributed by atoms with Gasteiger partial charge in [0.2, 0.25) is 5.91 Å². The number of carbonyl (C=O) groups excluding carboxylic acids is 1. The number of hydrogen-bond donors (Lipinski definition) is 0. The lowest BCUT2D eigenvalue weighted by atomic mass is 10.0. The first-order valence-corrected chi connectivity index (χ1v) is 9.51. The molecule has 146 valence electrons. The van der Waals surface area contributed by atoms with E-state index in [9.17, 15) is 4.79 Å². The fourth-order valence-electron chi connectivity index (χ4n) is 3.66. The molecular formula is C21H28N2O4. The van der Waals surface area contributed by atoms with Crippen LogP contribution in [0, 0.1) is 12.3 Å². The van der Waals surface area contributed by atoms with Gasteiger partial charge in [-0.05, 0) is 17.7 Å². The van der Waals surface area contributed by atoms with Crippen molar-refractivity contribution in [3.63, 3.8) is 0 Å². The molecule has 2 aliphatic rings. The molecule has 1 aromatic carbocycles. The van der Waals surface area contributed by atoms with Crippen molar-refractivity contribution in [2.45, 2.75) is 25.5 Å². The fraction of sp³-hybridized carbons (Fsp3) is 0.571. The third kappa shape index (κ3) is 5.23. The van der Waals surface area contributed by atoms with Crippen LogP contribution in [0.25, 0.3) is 0 Å². The van der Waals surface area contributed by atoms with E-state index in [2.05, 4.69) is 23.0 Å². The standard InChI is InChI=1S/C21H28N2O4/c1-3-11-26-19-7-5-18(6-8-19)14-22-9-13-27-21(15-22)16-23(20(24)4-2)10-12-25-17-21/h1,5-8H,4,9-17H2,2H3/t21-/m1/s1. The summed E-state index contributed by atoms with van der Waals surface area (Å²) in [4.78, 5) is 16.5. The topological polar surface area (TPSA) is 51.2 Å². The van der Waals surface area contributed by atoms with Gasteiger partial charge in [-0.2, -0.15) is 0 Å². The first kappa shape index (κ1) is 19.7.